The van der Waals surface area contributed by atoms with E-state index in [0.717, 1.165) is 25.2 Å². The monoisotopic (exact) mass is 204 g/mol. The second-order valence-corrected chi connectivity index (χ2v) is 4.82. The zero-order valence-corrected chi connectivity index (χ0v) is 9.39. The van der Waals surface area contributed by atoms with Gasteiger partial charge in [-0.3, -0.25) is 0 Å². The van der Waals surface area contributed by atoms with Crippen LogP contribution in [0.3, 0.4) is 0 Å². The zero-order valence-electron chi connectivity index (χ0n) is 9.39. The highest BCUT2D eigenvalue weighted by atomic mass is 16.3. The second-order valence-electron chi connectivity index (χ2n) is 4.82. The first-order chi connectivity index (χ1) is 7.27. The molecule has 3 unspecified atom stereocenters. The molecule has 1 aliphatic carbocycles. The van der Waals surface area contributed by atoms with Crippen LogP contribution in [-0.4, -0.2) is 11.2 Å². The molecule has 82 valence electrons. The maximum Gasteiger partial charge on any atom is 0.0571 e. The molecule has 0 aliphatic heterocycles. The Morgan fingerprint density at radius 2 is 2.00 bits per heavy atom. The summed E-state index contributed by atoms with van der Waals surface area (Å²) in [5.74, 6) is 1.36. The van der Waals surface area contributed by atoms with Crippen molar-refractivity contribution in [3.05, 3.63) is 35.9 Å². The highest BCUT2D eigenvalue weighted by Gasteiger charge is 2.37. The van der Waals surface area contributed by atoms with Crippen molar-refractivity contribution in [2.75, 3.05) is 0 Å². The fraction of sp³-hybridized carbons (Fsp3) is 0.571. The minimum Gasteiger partial charge on any atom is -0.393 e. The second kappa shape index (κ2) is 4.80. The van der Waals surface area contributed by atoms with Crippen LogP contribution in [0, 0.1) is 11.8 Å². The summed E-state index contributed by atoms with van der Waals surface area (Å²) < 4.78 is 0. The molecule has 1 aromatic rings. The quantitative estimate of drug-likeness (QED) is 0.781. The molecule has 3 atom stereocenters. The lowest BCUT2D eigenvalue weighted by atomic mass is 10.0. The molecule has 1 nitrogen and oxygen atoms in total. The minimum atomic E-state index is -0.0521. The maximum absolute atomic E-state index is 9.84. The van der Waals surface area contributed by atoms with E-state index in [1.54, 1.807) is 0 Å². The average Bonchev–Trinajstić information content (AvgIpc) is 2.97. The van der Waals surface area contributed by atoms with Gasteiger partial charge in [-0.1, -0.05) is 37.3 Å². The van der Waals surface area contributed by atoms with Gasteiger partial charge in [0, 0.05) is 0 Å². The Kier molecular flexibility index (Phi) is 3.42. The van der Waals surface area contributed by atoms with Gasteiger partial charge in [-0.05, 0) is 43.1 Å². The average molecular weight is 204 g/mol. The largest absolute Gasteiger partial charge is 0.393 e. The van der Waals surface area contributed by atoms with Crippen molar-refractivity contribution in [2.24, 2.45) is 11.8 Å². The van der Waals surface area contributed by atoms with Crippen molar-refractivity contribution in [3.8, 4) is 0 Å². The Morgan fingerprint density at radius 3 is 2.60 bits per heavy atom. The van der Waals surface area contributed by atoms with Gasteiger partial charge < -0.3 is 5.11 Å². The van der Waals surface area contributed by atoms with Crippen LogP contribution in [0.2, 0.25) is 0 Å². The highest BCUT2D eigenvalue weighted by molar-refractivity contribution is 5.14. The third-order valence-corrected chi connectivity index (χ3v) is 3.47. The molecule has 0 radical (unpaired) electrons. The van der Waals surface area contributed by atoms with Gasteiger partial charge in [-0.15, -0.1) is 0 Å². The van der Waals surface area contributed by atoms with Crippen LogP contribution in [0.5, 0.6) is 0 Å². The van der Waals surface area contributed by atoms with E-state index in [1.165, 1.54) is 12.0 Å². The lowest BCUT2D eigenvalue weighted by molar-refractivity contribution is 0.134. The van der Waals surface area contributed by atoms with E-state index >= 15 is 0 Å². The first-order valence-electron chi connectivity index (χ1n) is 5.99. The van der Waals surface area contributed by atoms with E-state index in [4.69, 9.17) is 0 Å². The van der Waals surface area contributed by atoms with Gasteiger partial charge in [0.1, 0.15) is 0 Å². The Hall–Kier alpha value is -0.820. The summed E-state index contributed by atoms with van der Waals surface area (Å²) in [6.07, 6.45) is 4.34. The topological polar surface area (TPSA) is 20.2 Å². The molecule has 0 spiro atoms. The zero-order chi connectivity index (χ0) is 10.7. The van der Waals surface area contributed by atoms with Gasteiger partial charge in [-0.25, -0.2) is 0 Å². The van der Waals surface area contributed by atoms with Gasteiger partial charge in [0.05, 0.1) is 6.10 Å². The number of rotatable bonds is 5. The Morgan fingerprint density at radius 1 is 1.33 bits per heavy atom. The van der Waals surface area contributed by atoms with Crippen LogP contribution >= 0.6 is 0 Å². The van der Waals surface area contributed by atoms with Crippen LogP contribution in [0.25, 0.3) is 0 Å². The number of aryl methyl sites for hydroxylation is 1. The molecule has 1 aliphatic rings. The number of hydrogen-bond donors (Lipinski definition) is 1. The third-order valence-electron chi connectivity index (χ3n) is 3.47. The van der Waals surface area contributed by atoms with Crippen LogP contribution < -0.4 is 0 Å². The molecular formula is C14H20O. The van der Waals surface area contributed by atoms with Crippen molar-refractivity contribution < 1.29 is 5.11 Å². The lowest BCUT2D eigenvalue weighted by Gasteiger charge is -2.09. The van der Waals surface area contributed by atoms with Gasteiger partial charge in [0.15, 0.2) is 0 Å². The first kappa shape index (κ1) is 10.7. The highest BCUT2D eigenvalue weighted by Crippen LogP contribution is 2.41. The van der Waals surface area contributed by atoms with E-state index in [1.807, 2.05) is 6.07 Å². The van der Waals surface area contributed by atoms with Gasteiger partial charge in [-0.2, -0.15) is 0 Å². The predicted octanol–water partition coefficient (Wildman–Crippen LogP) is 3.03. The third kappa shape index (κ3) is 3.07. The summed E-state index contributed by atoms with van der Waals surface area (Å²) in [4.78, 5) is 0. The van der Waals surface area contributed by atoms with Crippen molar-refractivity contribution in [2.45, 2.75) is 38.7 Å². The fourth-order valence-electron chi connectivity index (χ4n) is 2.26. The molecule has 15 heavy (non-hydrogen) atoms. The molecule has 0 heterocycles. The lowest BCUT2D eigenvalue weighted by Crippen LogP contribution is -2.10. The normalized spacial score (nSPS) is 26.3. The maximum atomic E-state index is 9.84. The summed E-state index contributed by atoms with van der Waals surface area (Å²) in [6, 6.07) is 10.5. The molecule has 1 N–H and O–H groups in total. The van der Waals surface area contributed by atoms with Crippen LogP contribution in [0.1, 0.15) is 31.7 Å². The summed E-state index contributed by atoms with van der Waals surface area (Å²) in [5.41, 5.74) is 1.38. The van der Waals surface area contributed by atoms with Gasteiger partial charge in [0.25, 0.3) is 0 Å². The molecule has 1 heteroatoms. The van der Waals surface area contributed by atoms with E-state index in [9.17, 15) is 5.11 Å². The molecule has 0 amide bonds. The Labute approximate surface area is 92.1 Å². The molecule has 1 saturated carbocycles. The summed E-state index contributed by atoms with van der Waals surface area (Å²) in [7, 11) is 0. The molecule has 1 fully saturated rings. The Balaban J connectivity index is 1.67. The standard InChI is InChI=1S/C14H20O/c1-11-10-13(11)14(15)9-5-8-12-6-3-2-4-7-12/h2-4,6-7,11,13-15H,5,8-10H2,1H3. The first-order valence-corrected chi connectivity index (χ1v) is 5.99. The van der Waals surface area contributed by atoms with E-state index in [-0.39, 0.29) is 6.10 Å². The van der Waals surface area contributed by atoms with E-state index < -0.39 is 0 Å². The molecule has 1 aromatic carbocycles. The number of aliphatic hydroxyl groups is 1. The fourth-order valence-corrected chi connectivity index (χ4v) is 2.26. The molecular weight excluding hydrogens is 184 g/mol. The SMILES string of the molecule is CC1CC1C(O)CCCc1ccccc1. The van der Waals surface area contributed by atoms with Gasteiger partial charge in [0.2, 0.25) is 0 Å². The number of aliphatic hydroxyl groups excluding tert-OH is 1. The molecule has 2 rings (SSSR count). The van der Waals surface area contributed by atoms with E-state index in [2.05, 4.69) is 31.2 Å². The number of benzene rings is 1. The molecule has 0 aromatic heterocycles. The summed E-state index contributed by atoms with van der Waals surface area (Å²) >= 11 is 0. The van der Waals surface area contributed by atoms with E-state index in [0.29, 0.717) is 5.92 Å². The van der Waals surface area contributed by atoms with Crippen molar-refractivity contribution in [1.82, 2.24) is 0 Å². The van der Waals surface area contributed by atoms with Crippen molar-refractivity contribution in [1.29, 1.82) is 0 Å². The number of hydrogen-bond acceptors (Lipinski definition) is 1. The summed E-state index contributed by atoms with van der Waals surface area (Å²) in [5, 5.41) is 9.84. The van der Waals surface area contributed by atoms with Crippen molar-refractivity contribution in [3.63, 3.8) is 0 Å². The molecule has 0 saturated heterocycles. The summed E-state index contributed by atoms with van der Waals surface area (Å²) in [6.45, 7) is 2.23. The minimum absolute atomic E-state index is 0.0521. The van der Waals surface area contributed by atoms with Gasteiger partial charge >= 0.3 is 0 Å². The predicted molar refractivity (Wildman–Crippen MR) is 62.7 cm³/mol. The van der Waals surface area contributed by atoms with Crippen LogP contribution in [-0.2, 0) is 6.42 Å². The molecule has 0 bridgehead atoms. The Bertz CT molecular complexity index is 293. The van der Waals surface area contributed by atoms with Crippen LogP contribution in [0.15, 0.2) is 30.3 Å². The van der Waals surface area contributed by atoms with Crippen LogP contribution in [0.4, 0.5) is 0 Å². The van der Waals surface area contributed by atoms with Crippen molar-refractivity contribution >= 4 is 0 Å². The smallest absolute Gasteiger partial charge is 0.0571 e.